The number of carbonyl (C=O) groups is 2. The van der Waals surface area contributed by atoms with Crippen LogP contribution >= 0.6 is 0 Å². The molecule has 1 aliphatic heterocycles. The summed E-state index contributed by atoms with van der Waals surface area (Å²) in [6.45, 7) is 7.05. The summed E-state index contributed by atoms with van der Waals surface area (Å²) in [5.41, 5.74) is 2.41. The fourth-order valence-electron chi connectivity index (χ4n) is 2.42. The van der Waals surface area contributed by atoms with E-state index in [-0.39, 0.29) is 17.7 Å². The van der Waals surface area contributed by atoms with Crippen molar-refractivity contribution in [1.82, 2.24) is 5.32 Å². The van der Waals surface area contributed by atoms with Crippen LogP contribution in [-0.2, 0) is 9.59 Å². The van der Waals surface area contributed by atoms with Gasteiger partial charge in [0.05, 0.1) is 5.92 Å². The third-order valence-corrected chi connectivity index (χ3v) is 3.67. The first-order valence-corrected chi connectivity index (χ1v) is 6.87. The Kier molecular flexibility index (Phi) is 4.39. The maximum atomic E-state index is 12.2. The van der Waals surface area contributed by atoms with Crippen LogP contribution in [0, 0.1) is 18.8 Å². The predicted molar refractivity (Wildman–Crippen MR) is 79.6 cm³/mol. The molecule has 2 amide bonds. The van der Waals surface area contributed by atoms with Crippen LogP contribution in [0.4, 0.5) is 11.4 Å². The van der Waals surface area contributed by atoms with E-state index in [9.17, 15) is 9.59 Å². The Morgan fingerprint density at radius 2 is 2.00 bits per heavy atom. The lowest BCUT2D eigenvalue weighted by Crippen LogP contribution is -2.27. The van der Waals surface area contributed by atoms with Gasteiger partial charge in [-0.25, -0.2) is 0 Å². The van der Waals surface area contributed by atoms with Gasteiger partial charge in [-0.2, -0.15) is 0 Å². The molecule has 0 spiro atoms. The number of aryl methyl sites for hydroxylation is 1. The molecule has 0 radical (unpaired) electrons. The average molecular weight is 275 g/mol. The van der Waals surface area contributed by atoms with E-state index in [0.717, 1.165) is 24.3 Å². The molecule has 0 bridgehead atoms. The Morgan fingerprint density at radius 3 is 2.60 bits per heavy atom. The van der Waals surface area contributed by atoms with Crippen LogP contribution in [0.5, 0.6) is 0 Å². The lowest BCUT2D eigenvalue weighted by molar-refractivity contribution is -0.120. The number of hydrogen-bond acceptors (Lipinski definition) is 3. The highest BCUT2D eigenvalue weighted by atomic mass is 16.2. The zero-order chi connectivity index (χ0) is 14.7. The first-order chi connectivity index (χ1) is 9.47. The van der Waals surface area contributed by atoms with Crippen molar-refractivity contribution in [3.05, 3.63) is 23.8 Å². The lowest BCUT2D eigenvalue weighted by atomic mass is 9.97. The molecule has 1 aromatic rings. The fourth-order valence-corrected chi connectivity index (χ4v) is 2.42. The molecule has 5 nitrogen and oxygen atoms in total. The van der Waals surface area contributed by atoms with Crippen LogP contribution in [0.1, 0.15) is 19.4 Å². The second-order valence-electron chi connectivity index (χ2n) is 5.44. The zero-order valence-corrected chi connectivity index (χ0v) is 12.1. The van der Waals surface area contributed by atoms with Crippen LogP contribution in [-0.4, -0.2) is 24.9 Å². The van der Waals surface area contributed by atoms with Crippen LogP contribution in [0.15, 0.2) is 18.2 Å². The van der Waals surface area contributed by atoms with Gasteiger partial charge in [-0.05, 0) is 37.1 Å². The van der Waals surface area contributed by atoms with E-state index in [2.05, 4.69) is 22.9 Å². The SMILES string of the molecule is CC(=O)Nc1cc(NC(=O)[C@@H]2CNC[C@H]2C)ccc1C. The molecule has 3 N–H and O–H groups in total. The molecule has 1 saturated heterocycles. The van der Waals surface area contributed by atoms with Gasteiger partial charge >= 0.3 is 0 Å². The number of carbonyl (C=O) groups excluding carboxylic acids is 2. The minimum Gasteiger partial charge on any atom is -0.326 e. The summed E-state index contributed by atoms with van der Waals surface area (Å²) in [5.74, 6) is 0.251. The number of rotatable bonds is 3. The molecule has 1 heterocycles. The number of nitrogens with one attached hydrogen (secondary N) is 3. The van der Waals surface area contributed by atoms with Crippen molar-refractivity contribution in [1.29, 1.82) is 0 Å². The van der Waals surface area contributed by atoms with Crippen molar-refractivity contribution >= 4 is 23.2 Å². The maximum Gasteiger partial charge on any atom is 0.229 e. The number of benzene rings is 1. The quantitative estimate of drug-likeness (QED) is 0.787. The van der Waals surface area contributed by atoms with Crippen molar-refractivity contribution in [2.45, 2.75) is 20.8 Å². The molecule has 0 aliphatic carbocycles. The van der Waals surface area contributed by atoms with Crippen LogP contribution in [0.2, 0.25) is 0 Å². The zero-order valence-electron chi connectivity index (χ0n) is 12.1. The standard InChI is InChI=1S/C15H21N3O2/c1-9-4-5-12(6-14(9)17-11(3)19)18-15(20)13-8-16-7-10(13)2/h4-6,10,13,16H,7-8H2,1-3H3,(H,17,19)(H,18,20)/t10-,13-/m1/s1. The largest absolute Gasteiger partial charge is 0.326 e. The summed E-state index contributed by atoms with van der Waals surface area (Å²) >= 11 is 0. The van der Waals surface area contributed by atoms with Crippen LogP contribution in [0.25, 0.3) is 0 Å². The van der Waals surface area contributed by atoms with Crippen molar-refractivity contribution in [2.75, 3.05) is 23.7 Å². The highest BCUT2D eigenvalue weighted by Gasteiger charge is 2.29. The highest BCUT2D eigenvalue weighted by molar-refractivity contribution is 5.95. The van der Waals surface area contributed by atoms with Gasteiger partial charge in [-0.15, -0.1) is 0 Å². The second-order valence-corrected chi connectivity index (χ2v) is 5.44. The normalized spacial score (nSPS) is 21.6. The van der Waals surface area contributed by atoms with Crippen molar-refractivity contribution in [3.8, 4) is 0 Å². The van der Waals surface area contributed by atoms with Gasteiger partial charge < -0.3 is 16.0 Å². The van der Waals surface area contributed by atoms with E-state index < -0.39 is 0 Å². The molecule has 1 aliphatic rings. The Labute approximate surface area is 119 Å². The summed E-state index contributed by atoms with van der Waals surface area (Å²) in [7, 11) is 0. The third kappa shape index (κ3) is 3.36. The monoisotopic (exact) mass is 275 g/mol. The molecule has 5 heteroatoms. The summed E-state index contributed by atoms with van der Waals surface area (Å²) in [6.07, 6.45) is 0. The molecule has 0 unspecified atom stereocenters. The molecule has 2 rings (SSSR count). The molecule has 0 saturated carbocycles. The molecule has 1 fully saturated rings. The molecule has 108 valence electrons. The molecule has 0 aromatic heterocycles. The Hall–Kier alpha value is -1.88. The summed E-state index contributed by atoms with van der Waals surface area (Å²) < 4.78 is 0. The van der Waals surface area contributed by atoms with E-state index in [0.29, 0.717) is 11.6 Å². The Balaban J connectivity index is 2.09. The van der Waals surface area contributed by atoms with E-state index >= 15 is 0 Å². The van der Waals surface area contributed by atoms with Crippen molar-refractivity contribution in [2.24, 2.45) is 11.8 Å². The van der Waals surface area contributed by atoms with Gasteiger partial charge in [0.1, 0.15) is 0 Å². The first-order valence-electron chi connectivity index (χ1n) is 6.87. The molecular formula is C15H21N3O2. The van der Waals surface area contributed by atoms with Gasteiger partial charge in [0.2, 0.25) is 11.8 Å². The second kappa shape index (κ2) is 6.05. The van der Waals surface area contributed by atoms with Crippen LogP contribution in [0.3, 0.4) is 0 Å². The van der Waals surface area contributed by atoms with Gasteiger partial charge in [-0.3, -0.25) is 9.59 Å². The topological polar surface area (TPSA) is 70.2 Å². The minimum absolute atomic E-state index is 0.000481. The third-order valence-electron chi connectivity index (χ3n) is 3.67. The molecule has 1 aromatic carbocycles. The first kappa shape index (κ1) is 14.5. The van der Waals surface area contributed by atoms with E-state index in [1.54, 1.807) is 6.07 Å². The Morgan fingerprint density at radius 1 is 1.25 bits per heavy atom. The van der Waals surface area contributed by atoms with Crippen LogP contribution < -0.4 is 16.0 Å². The number of amides is 2. The average Bonchev–Trinajstić information content (AvgIpc) is 2.79. The fraction of sp³-hybridized carbons (Fsp3) is 0.467. The van der Waals surface area contributed by atoms with E-state index in [1.165, 1.54) is 6.92 Å². The number of anilines is 2. The van der Waals surface area contributed by atoms with E-state index in [1.807, 2.05) is 19.1 Å². The van der Waals surface area contributed by atoms with Gasteiger partial charge in [-0.1, -0.05) is 13.0 Å². The lowest BCUT2D eigenvalue weighted by Gasteiger charge is -2.15. The number of hydrogen-bond donors (Lipinski definition) is 3. The summed E-state index contributed by atoms with van der Waals surface area (Å²) in [6, 6.07) is 5.53. The van der Waals surface area contributed by atoms with Gasteiger partial charge in [0, 0.05) is 24.8 Å². The minimum atomic E-state index is -0.120. The molecule has 2 atom stereocenters. The maximum absolute atomic E-state index is 12.2. The molecular weight excluding hydrogens is 254 g/mol. The highest BCUT2D eigenvalue weighted by Crippen LogP contribution is 2.22. The molecule has 20 heavy (non-hydrogen) atoms. The van der Waals surface area contributed by atoms with Crippen molar-refractivity contribution in [3.63, 3.8) is 0 Å². The van der Waals surface area contributed by atoms with E-state index in [4.69, 9.17) is 0 Å². The summed E-state index contributed by atoms with van der Waals surface area (Å²) in [5, 5.41) is 8.90. The summed E-state index contributed by atoms with van der Waals surface area (Å²) in [4.78, 5) is 23.3. The van der Waals surface area contributed by atoms with Gasteiger partial charge in [0.15, 0.2) is 0 Å². The smallest absolute Gasteiger partial charge is 0.229 e. The Bertz CT molecular complexity index is 528. The van der Waals surface area contributed by atoms with Gasteiger partial charge in [0.25, 0.3) is 0 Å². The predicted octanol–water partition coefficient (Wildman–Crippen LogP) is 1.75. The van der Waals surface area contributed by atoms with Crippen molar-refractivity contribution < 1.29 is 9.59 Å².